The predicted molar refractivity (Wildman–Crippen MR) is 70.2 cm³/mol. The van der Waals surface area contributed by atoms with Gasteiger partial charge in [-0.15, -0.1) is 0 Å². The summed E-state index contributed by atoms with van der Waals surface area (Å²) in [5.41, 5.74) is 0.687. The van der Waals surface area contributed by atoms with Crippen molar-refractivity contribution in [1.29, 1.82) is 5.26 Å². The molecule has 0 aromatic heterocycles. The number of nitrogens with zero attached hydrogens (tertiary/aromatic N) is 2. The molecule has 1 aliphatic rings. The van der Waals surface area contributed by atoms with E-state index >= 15 is 0 Å². The average molecular weight is 243 g/mol. The molecule has 1 amide bonds. The number of benzene rings is 1. The SMILES string of the molecule is CN(C(=O)C1(C)CCCN1)c1ccccc1C#N. The van der Waals surface area contributed by atoms with E-state index in [0.717, 1.165) is 19.4 Å². The van der Waals surface area contributed by atoms with Gasteiger partial charge in [0.2, 0.25) is 5.91 Å². The quantitative estimate of drug-likeness (QED) is 0.859. The van der Waals surface area contributed by atoms with Crippen molar-refractivity contribution in [3.05, 3.63) is 29.8 Å². The third-order valence-electron chi connectivity index (χ3n) is 3.53. The molecule has 4 heteroatoms. The number of nitrogens with one attached hydrogen (secondary N) is 1. The molecule has 0 spiro atoms. The molecule has 0 bridgehead atoms. The number of amides is 1. The molecular weight excluding hydrogens is 226 g/mol. The van der Waals surface area contributed by atoms with Crippen LogP contribution in [0.5, 0.6) is 0 Å². The number of carbonyl (C=O) groups is 1. The van der Waals surface area contributed by atoms with Gasteiger partial charge in [0.15, 0.2) is 0 Å². The van der Waals surface area contributed by atoms with Gasteiger partial charge in [-0.1, -0.05) is 12.1 Å². The fraction of sp³-hybridized carbons (Fsp3) is 0.429. The summed E-state index contributed by atoms with van der Waals surface area (Å²) < 4.78 is 0. The number of rotatable bonds is 2. The van der Waals surface area contributed by atoms with Gasteiger partial charge >= 0.3 is 0 Å². The van der Waals surface area contributed by atoms with Gasteiger partial charge in [-0.2, -0.15) is 5.26 Å². The molecule has 1 fully saturated rings. The number of hydrogen-bond acceptors (Lipinski definition) is 3. The van der Waals surface area contributed by atoms with Crippen molar-refractivity contribution in [3.63, 3.8) is 0 Å². The molecule has 4 nitrogen and oxygen atoms in total. The summed E-state index contributed by atoms with van der Waals surface area (Å²) in [7, 11) is 1.73. The maximum atomic E-state index is 12.5. The first-order chi connectivity index (χ1) is 8.58. The highest BCUT2D eigenvalue weighted by molar-refractivity contribution is 6.00. The number of nitriles is 1. The fourth-order valence-electron chi connectivity index (χ4n) is 2.42. The van der Waals surface area contributed by atoms with Crippen LogP contribution in [0.1, 0.15) is 25.3 Å². The van der Waals surface area contributed by atoms with Crippen molar-refractivity contribution < 1.29 is 4.79 Å². The Kier molecular flexibility index (Phi) is 3.35. The molecule has 0 radical (unpaired) electrons. The van der Waals surface area contributed by atoms with Gasteiger partial charge in [-0.3, -0.25) is 4.79 Å². The molecule has 1 unspecified atom stereocenters. The smallest absolute Gasteiger partial charge is 0.246 e. The second-order valence-electron chi connectivity index (χ2n) is 4.86. The Hall–Kier alpha value is -1.86. The lowest BCUT2D eigenvalue weighted by Crippen LogP contribution is -2.52. The third-order valence-corrected chi connectivity index (χ3v) is 3.53. The van der Waals surface area contributed by atoms with E-state index in [4.69, 9.17) is 5.26 Å². The van der Waals surface area contributed by atoms with Crippen molar-refractivity contribution in [2.24, 2.45) is 0 Å². The van der Waals surface area contributed by atoms with E-state index in [-0.39, 0.29) is 5.91 Å². The minimum Gasteiger partial charge on any atom is -0.313 e. The lowest BCUT2D eigenvalue weighted by Gasteiger charge is -2.29. The van der Waals surface area contributed by atoms with Crippen LogP contribution in [0.4, 0.5) is 5.69 Å². The van der Waals surface area contributed by atoms with Crippen LogP contribution >= 0.6 is 0 Å². The molecule has 1 aromatic carbocycles. The number of para-hydroxylation sites is 1. The summed E-state index contributed by atoms with van der Waals surface area (Å²) in [5.74, 6) is 0.0164. The van der Waals surface area contributed by atoms with Crippen LogP contribution in [-0.2, 0) is 4.79 Å². The molecule has 1 saturated heterocycles. The molecule has 94 valence electrons. The van der Waals surface area contributed by atoms with Crippen molar-refractivity contribution in [2.75, 3.05) is 18.5 Å². The van der Waals surface area contributed by atoms with E-state index in [2.05, 4.69) is 11.4 Å². The Morgan fingerprint density at radius 1 is 1.50 bits per heavy atom. The van der Waals surface area contributed by atoms with Gasteiger partial charge < -0.3 is 10.2 Å². The van der Waals surface area contributed by atoms with Gasteiger partial charge in [0.25, 0.3) is 0 Å². The number of likely N-dealkylation sites (N-methyl/N-ethyl adjacent to an activating group) is 1. The summed E-state index contributed by atoms with van der Waals surface area (Å²) >= 11 is 0. The van der Waals surface area contributed by atoms with E-state index in [1.54, 1.807) is 30.1 Å². The lowest BCUT2D eigenvalue weighted by atomic mass is 9.98. The Morgan fingerprint density at radius 2 is 2.22 bits per heavy atom. The van der Waals surface area contributed by atoms with Crippen LogP contribution in [0, 0.1) is 11.3 Å². The van der Waals surface area contributed by atoms with Crippen LogP contribution in [0.2, 0.25) is 0 Å². The van der Waals surface area contributed by atoms with Crippen LogP contribution in [0.15, 0.2) is 24.3 Å². The highest BCUT2D eigenvalue weighted by Gasteiger charge is 2.38. The van der Waals surface area contributed by atoms with Crippen molar-refractivity contribution in [2.45, 2.75) is 25.3 Å². The van der Waals surface area contributed by atoms with Crippen LogP contribution in [-0.4, -0.2) is 25.0 Å². The fourth-order valence-corrected chi connectivity index (χ4v) is 2.42. The molecular formula is C14H17N3O. The summed E-state index contributed by atoms with van der Waals surface area (Å²) in [5, 5.41) is 12.3. The summed E-state index contributed by atoms with van der Waals surface area (Å²) in [6.45, 7) is 2.80. The molecule has 18 heavy (non-hydrogen) atoms. The second-order valence-corrected chi connectivity index (χ2v) is 4.86. The zero-order chi connectivity index (χ0) is 13.2. The number of anilines is 1. The average Bonchev–Trinajstić information content (AvgIpc) is 2.85. The largest absolute Gasteiger partial charge is 0.313 e. The van der Waals surface area contributed by atoms with Crippen LogP contribution in [0.25, 0.3) is 0 Å². The Bertz CT molecular complexity index is 498. The van der Waals surface area contributed by atoms with E-state index in [1.807, 2.05) is 13.0 Å². The first kappa shape index (κ1) is 12.6. The highest BCUT2D eigenvalue weighted by atomic mass is 16.2. The molecule has 1 aromatic rings. The van der Waals surface area contributed by atoms with Crippen molar-refractivity contribution >= 4 is 11.6 Å². The standard InChI is InChI=1S/C14H17N3O/c1-14(8-5-9-16-14)13(18)17(2)12-7-4-3-6-11(12)10-15/h3-4,6-7,16H,5,8-9H2,1-2H3. The van der Waals surface area contributed by atoms with Crippen LogP contribution in [0.3, 0.4) is 0 Å². The molecule has 1 atom stereocenters. The molecule has 2 rings (SSSR count). The van der Waals surface area contributed by atoms with E-state index in [1.165, 1.54) is 0 Å². The maximum Gasteiger partial charge on any atom is 0.246 e. The second kappa shape index (κ2) is 4.79. The lowest BCUT2D eigenvalue weighted by molar-refractivity contribution is -0.123. The zero-order valence-corrected chi connectivity index (χ0v) is 10.7. The Balaban J connectivity index is 2.29. The van der Waals surface area contributed by atoms with E-state index in [9.17, 15) is 4.79 Å². The molecule has 1 aliphatic heterocycles. The summed E-state index contributed by atoms with van der Waals surface area (Å²) in [6, 6.07) is 9.29. The first-order valence-electron chi connectivity index (χ1n) is 6.11. The van der Waals surface area contributed by atoms with Gasteiger partial charge in [0, 0.05) is 7.05 Å². The number of carbonyl (C=O) groups excluding carboxylic acids is 1. The third kappa shape index (κ3) is 2.09. The predicted octanol–water partition coefficient (Wildman–Crippen LogP) is 1.66. The molecule has 1 heterocycles. The monoisotopic (exact) mass is 243 g/mol. The molecule has 1 N–H and O–H groups in total. The van der Waals surface area contributed by atoms with Gasteiger partial charge in [0.1, 0.15) is 6.07 Å². The molecule has 0 saturated carbocycles. The van der Waals surface area contributed by atoms with E-state index in [0.29, 0.717) is 11.3 Å². The summed E-state index contributed by atoms with van der Waals surface area (Å²) in [6.07, 6.45) is 1.85. The summed E-state index contributed by atoms with van der Waals surface area (Å²) in [4.78, 5) is 14.1. The number of hydrogen-bond donors (Lipinski definition) is 1. The van der Waals surface area contributed by atoms with Gasteiger partial charge in [0.05, 0.1) is 16.8 Å². The highest BCUT2D eigenvalue weighted by Crippen LogP contribution is 2.25. The minimum atomic E-state index is -0.503. The normalized spacial score (nSPS) is 22.5. The van der Waals surface area contributed by atoms with Crippen molar-refractivity contribution in [3.8, 4) is 6.07 Å². The Morgan fingerprint density at radius 3 is 2.83 bits per heavy atom. The van der Waals surface area contributed by atoms with E-state index < -0.39 is 5.54 Å². The minimum absolute atomic E-state index is 0.0164. The molecule has 0 aliphatic carbocycles. The van der Waals surface area contributed by atoms with Crippen molar-refractivity contribution in [1.82, 2.24) is 5.32 Å². The maximum absolute atomic E-state index is 12.5. The van der Waals surface area contributed by atoms with Gasteiger partial charge in [-0.25, -0.2) is 0 Å². The zero-order valence-electron chi connectivity index (χ0n) is 10.7. The Labute approximate surface area is 107 Å². The first-order valence-corrected chi connectivity index (χ1v) is 6.11. The van der Waals surface area contributed by atoms with Crippen LogP contribution < -0.4 is 10.2 Å². The van der Waals surface area contributed by atoms with Gasteiger partial charge in [-0.05, 0) is 38.4 Å². The topological polar surface area (TPSA) is 56.1 Å².